The number of hydrogen-bond donors (Lipinski definition) is 0. The number of nitrogens with zero attached hydrogens (tertiary/aromatic N) is 2. The van der Waals surface area contributed by atoms with Gasteiger partial charge in [-0.2, -0.15) is 26.3 Å². The van der Waals surface area contributed by atoms with Crippen LogP contribution in [0.15, 0.2) is 116 Å². The van der Waals surface area contributed by atoms with E-state index in [4.69, 9.17) is 9.47 Å². The van der Waals surface area contributed by atoms with Crippen molar-refractivity contribution in [1.29, 1.82) is 0 Å². The molecule has 0 radical (unpaired) electrons. The zero-order valence-electron chi connectivity index (χ0n) is 29.3. The summed E-state index contributed by atoms with van der Waals surface area (Å²) in [5.74, 6) is -0.686. The summed E-state index contributed by atoms with van der Waals surface area (Å²) in [5, 5.41) is -1.78. The Labute approximate surface area is 306 Å². The van der Waals surface area contributed by atoms with E-state index in [0.717, 1.165) is 52.1 Å². The third-order valence-electron chi connectivity index (χ3n) is 9.65. The van der Waals surface area contributed by atoms with Gasteiger partial charge in [0.1, 0.15) is 33.0 Å². The van der Waals surface area contributed by atoms with Crippen LogP contribution in [0.3, 0.4) is 0 Å². The van der Waals surface area contributed by atoms with Crippen molar-refractivity contribution in [2.45, 2.75) is 38.5 Å². The summed E-state index contributed by atoms with van der Waals surface area (Å²) in [7, 11) is 1.19. The first-order valence-electron chi connectivity index (χ1n) is 16.6. The van der Waals surface area contributed by atoms with E-state index in [1.807, 2.05) is 0 Å². The molecule has 0 spiro atoms. The van der Waals surface area contributed by atoms with E-state index in [-0.39, 0.29) is 22.3 Å². The fraction of sp³-hybridized carbons (Fsp3) is 0.171. The molecular weight excluding hydrogens is 730 g/mol. The molecule has 55 heavy (non-hydrogen) atoms. The van der Waals surface area contributed by atoms with Crippen LogP contribution in [0, 0.1) is 20.8 Å². The molecule has 0 aliphatic rings. The number of alkyl halides is 6. The van der Waals surface area contributed by atoms with E-state index < -0.39 is 79.1 Å². The molecule has 0 saturated heterocycles. The standard InChI is InChI=1S/C41H28F6N2O6/c1-21-5-11-24(12-6-21)39(40(42,43)44,41(45,46)47)25-13-15-26(16-14-25)49-37(52)31-32(38(49)53)34(55-28-19-9-23(3)10-20-28)30-29(35(50)48(4)36(30)51)33(31)54-27-17-7-22(2)8-18-27/h5-20H,1-4H3. The van der Waals surface area contributed by atoms with E-state index in [1.165, 1.54) is 38.2 Å². The number of hydrogen-bond acceptors (Lipinski definition) is 6. The van der Waals surface area contributed by atoms with Crippen molar-refractivity contribution in [3.05, 3.63) is 166 Å². The summed E-state index contributed by atoms with van der Waals surface area (Å²) in [6.07, 6.45) is -11.8. The highest BCUT2D eigenvalue weighted by Gasteiger charge is 2.72. The Morgan fingerprint density at radius 3 is 1.11 bits per heavy atom. The fourth-order valence-corrected chi connectivity index (χ4v) is 6.80. The Balaban J connectivity index is 1.54. The lowest BCUT2D eigenvalue weighted by molar-refractivity contribution is -0.288. The van der Waals surface area contributed by atoms with Gasteiger partial charge in [-0.25, -0.2) is 4.57 Å². The molecule has 0 N–H and O–H groups in total. The lowest BCUT2D eigenvalue weighted by atomic mass is 9.72. The minimum atomic E-state index is -5.88. The van der Waals surface area contributed by atoms with Crippen LogP contribution in [-0.4, -0.2) is 21.5 Å². The first-order valence-corrected chi connectivity index (χ1v) is 16.6. The van der Waals surface area contributed by atoms with Gasteiger partial charge in [0, 0.05) is 7.05 Å². The minimum absolute atomic E-state index is 0.117. The number of aryl methyl sites for hydroxylation is 3. The molecular formula is C41H28F6N2O6. The second kappa shape index (κ2) is 12.9. The van der Waals surface area contributed by atoms with Gasteiger partial charge in [-0.05, 0) is 68.3 Å². The average molecular weight is 759 g/mol. The molecule has 0 unspecified atom stereocenters. The van der Waals surface area contributed by atoms with Crippen LogP contribution in [-0.2, 0) is 12.5 Å². The summed E-state index contributed by atoms with van der Waals surface area (Å²) in [4.78, 5) is 56.2. The predicted molar refractivity (Wildman–Crippen MR) is 194 cm³/mol. The molecule has 0 aliphatic carbocycles. The molecule has 0 bridgehead atoms. The van der Waals surface area contributed by atoms with Gasteiger partial charge >= 0.3 is 12.4 Å². The predicted octanol–water partition coefficient (Wildman–Crippen LogP) is 8.36. The molecule has 2 heterocycles. The van der Waals surface area contributed by atoms with Crippen molar-refractivity contribution in [1.82, 2.24) is 9.13 Å². The topological polar surface area (TPSA) is 96.6 Å². The largest absolute Gasteiger partial charge is 0.456 e. The smallest absolute Gasteiger partial charge is 0.411 e. The molecule has 14 heteroatoms. The van der Waals surface area contributed by atoms with E-state index in [0.29, 0.717) is 22.3 Å². The van der Waals surface area contributed by atoms with Gasteiger partial charge in [-0.3, -0.25) is 23.7 Å². The lowest BCUT2D eigenvalue weighted by Gasteiger charge is -2.38. The van der Waals surface area contributed by atoms with Crippen molar-refractivity contribution in [2.24, 2.45) is 7.05 Å². The maximum Gasteiger partial charge on any atom is 0.411 e. The molecule has 0 atom stereocenters. The first-order chi connectivity index (χ1) is 25.9. The third-order valence-corrected chi connectivity index (χ3v) is 9.65. The molecule has 0 amide bonds. The number of fused-ring (bicyclic) bond motifs is 2. The monoisotopic (exact) mass is 758 g/mol. The Bertz CT molecular complexity index is 2680. The van der Waals surface area contributed by atoms with Gasteiger partial charge in [0.15, 0.2) is 11.5 Å². The highest BCUT2D eigenvalue weighted by molar-refractivity contribution is 6.11. The molecule has 2 aromatic heterocycles. The number of benzene rings is 5. The SMILES string of the molecule is Cc1ccc(Oc2c3c(=O)n(C)c(=O)c3c(Oc3ccc(C)cc3)c3c(=O)n(-c4ccc(C(c5ccc(C)cc5)(C(F)(F)F)C(F)(F)F)cc4)c(=O)c23)cc1. The summed E-state index contributed by atoms with van der Waals surface area (Å²) in [5.41, 5.74) is -9.14. The molecule has 5 aromatic carbocycles. The molecule has 0 fully saturated rings. The highest BCUT2D eigenvalue weighted by Crippen LogP contribution is 2.56. The van der Waals surface area contributed by atoms with Crippen molar-refractivity contribution in [3.63, 3.8) is 0 Å². The minimum Gasteiger partial charge on any atom is -0.456 e. The number of ether oxygens (including phenoxy) is 2. The zero-order valence-corrected chi connectivity index (χ0v) is 29.3. The maximum absolute atomic E-state index is 14.8. The maximum atomic E-state index is 14.8. The van der Waals surface area contributed by atoms with Gasteiger partial charge in [-0.1, -0.05) is 77.4 Å². The lowest BCUT2D eigenvalue weighted by Crippen LogP contribution is -2.54. The van der Waals surface area contributed by atoms with E-state index in [9.17, 15) is 45.5 Å². The summed E-state index contributed by atoms with van der Waals surface area (Å²) >= 11 is 0. The van der Waals surface area contributed by atoms with Gasteiger partial charge in [-0.15, -0.1) is 0 Å². The fourth-order valence-electron chi connectivity index (χ4n) is 6.80. The molecule has 0 saturated carbocycles. The first kappa shape index (κ1) is 36.9. The van der Waals surface area contributed by atoms with Crippen LogP contribution in [0.25, 0.3) is 27.2 Å². The van der Waals surface area contributed by atoms with Gasteiger partial charge in [0.05, 0.1) is 5.69 Å². The van der Waals surface area contributed by atoms with Crippen LogP contribution in [0.1, 0.15) is 27.8 Å². The van der Waals surface area contributed by atoms with Gasteiger partial charge in [0.25, 0.3) is 22.2 Å². The summed E-state index contributed by atoms with van der Waals surface area (Å²) < 4.78 is 102. The normalized spacial score (nSPS) is 12.5. The van der Waals surface area contributed by atoms with Crippen LogP contribution >= 0.6 is 0 Å². The molecule has 0 aliphatic heterocycles. The molecule has 8 nitrogen and oxygen atoms in total. The van der Waals surface area contributed by atoms with Gasteiger partial charge < -0.3 is 9.47 Å². The molecule has 7 aromatic rings. The Morgan fingerprint density at radius 1 is 0.455 bits per heavy atom. The van der Waals surface area contributed by atoms with E-state index in [1.54, 1.807) is 38.1 Å². The van der Waals surface area contributed by atoms with Crippen LogP contribution in [0.5, 0.6) is 23.0 Å². The van der Waals surface area contributed by atoms with Crippen LogP contribution < -0.4 is 31.7 Å². The van der Waals surface area contributed by atoms with Crippen molar-refractivity contribution in [3.8, 4) is 28.7 Å². The van der Waals surface area contributed by atoms with Crippen molar-refractivity contribution >= 4 is 21.5 Å². The van der Waals surface area contributed by atoms with Crippen LogP contribution in [0.4, 0.5) is 26.3 Å². The van der Waals surface area contributed by atoms with Gasteiger partial charge in [0.2, 0.25) is 5.41 Å². The Morgan fingerprint density at radius 2 is 0.764 bits per heavy atom. The Hall–Kier alpha value is -6.44. The van der Waals surface area contributed by atoms with E-state index in [2.05, 4.69) is 0 Å². The Kier molecular flexibility index (Phi) is 8.62. The second-order valence-corrected chi connectivity index (χ2v) is 13.3. The van der Waals surface area contributed by atoms with E-state index >= 15 is 0 Å². The van der Waals surface area contributed by atoms with Crippen LogP contribution in [0.2, 0.25) is 0 Å². The number of aromatic nitrogens is 2. The quantitative estimate of drug-likeness (QED) is 0.152. The van der Waals surface area contributed by atoms with Crippen molar-refractivity contribution in [2.75, 3.05) is 0 Å². The molecule has 7 rings (SSSR count). The summed E-state index contributed by atoms with van der Waals surface area (Å²) in [6, 6.07) is 19.2. The van der Waals surface area contributed by atoms with Crippen molar-refractivity contribution < 1.29 is 35.8 Å². The summed E-state index contributed by atoms with van der Waals surface area (Å²) in [6.45, 7) is 5.11. The number of halogens is 6. The average Bonchev–Trinajstić information content (AvgIpc) is 3.52. The zero-order chi connectivity index (χ0) is 39.8. The third kappa shape index (κ3) is 5.70. The second-order valence-electron chi connectivity index (χ2n) is 13.3. The molecule has 280 valence electrons. The highest BCUT2D eigenvalue weighted by atomic mass is 19.4. The number of rotatable bonds is 7.